The summed E-state index contributed by atoms with van der Waals surface area (Å²) in [6.45, 7) is 11.5. The average Bonchev–Trinajstić information content (AvgIpc) is 3.60. The number of nitrogens with zero attached hydrogens (tertiary/aromatic N) is 2. The summed E-state index contributed by atoms with van der Waals surface area (Å²) in [7, 11) is 1.51. The van der Waals surface area contributed by atoms with Crippen molar-refractivity contribution in [1.82, 2.24) is 4.57 Å². The van der Waals surface area contributed by atoms with Gasteiger partial charge in [-0.1, -0.05) is 39.8 Å². The normalized spacial score (nSPS) is 15.8. The lowest BCUT2D eigenvalue weighted by Crippen LogP contribution is -2.34. The summed E-state index contributed by atoms with van der Waals surface area (Å²) in [5, 5.41) is 20.7. The maximum Gasteiger partial charge on any atom is 0.294 e. The standard InChI is InChI=1S/C31H36N2O5/c1-19-14-23-24(31(4,5)12-11-30(23,2)3)16-20(19)15-21-9-10-26(38-21)29(36)33(18-22-8-7-13-37-22)25-17-27(34)32(6)28(25)35/h7-10,13-14,16-17,34-35H,11-12,15,18H2,1-6H3. The molecule has 0 saturated carbocycles. The van der Waals surface area contributed by atoms with Crippen molar-refractivity contribution in [1.29, 1.82) is 0 Å². The van der Waals surface area contributed by atoms with Crippen molar-refractivity contribution in [2.24, 2.45) is 7.05 Å². The van der Waals surface area contributed by atoms with E-state index in [-0.39, 0.29) is 40.6 Å². The first-order valence-corrected chi connectivity index (χ1v) is 13.0. The van der Waals surface area contributed by atoms with Gasteiger partial charge in [-0.15, -0.1) is 0 Å². The number of rotatable bonds is 6. The minimum absolute atomic E-state index is 0.0632. The molecule has 0 radical (unpaired) electrons. The Labute approximate surface area is 223 Å². The predicted octanol–water partition coefficient (Wildman–Crippen LogP) is 6.72. The Morgan fingerprint density at radius 1 is 1.00 bits per heavy atom. The Hall–Kier alpha value is -3.87. The first kappa shape index (κ1) is 25.8. The van der Waals surface area contributed by atoms with Gasteiger partial charge in [0.15, 0.2) is 11.6 Å². The van der Waals surface area contributed by atoms with Gasteiger partial charge >= 0.3 is 0 Å². The Morgan fingerprint density at radius 2 is 1.68 bits per heavy atom. The summed E-state index contributed by atoms with van der Waals surface area (Å²) >= 11 is 0. The van der Waals surface area contributed by atoms with Crippen LogP contribution in [0.25, 0.3) is 0 Å². The van der Waals surface area contributed by atoms with Gasteiger partial charge < -0.3 is 19.0 Å². The molecule has 0 spiro atoms. The number of hydrogen-bond acceptors (Lipinski definition) is 5. The Kier molecular flexibility index (Phi) is 6.21. The molecule has 38 heavy (non-hydrogen) atoms. The SMILES string of the molecule is Cc1cc2c(cc1Cc1ccc(C(=O)N(Cc3ccco3)c3cc(O)n(C)c3O)o1)C(C)(C)CCC2(C)C. The third kappa shape index (κ3) is 4.51. The number of carbonyl (C=O) groups is 1. The fourth-order valence-electron chi connectivity index (χ4n) is 5.45. The molecule has 0 aliphatic heterocycles. The van der Waals surface area contributed by atoms with Crippen molar-refractivity contribution in [2.75, 3.05) is 4.90 Å². The molecular weight excluding hydrogens is 480 g/mol. The van der Waals surface area contributed by atoms with Crippen molar-refractivity contribution < 1.29 is 23.8 Å². The Balaban J connectivity index is 1.45. The number of benzene rings is 1. The number of aryl methyl sites for hydroxylation is 1. The fourth-order valence-corrected chi connectivity index (χ4v) is 5.45. The summed E-state index contributed by atoms with van der Waals surface area (Å²) in [4.78, 5) is 15.0. The van der Waals surface area contributed by atoms with E-state index >= 15 is 0 Å². The lowest BCUT2D eigenvalue weighted by atomic mass is 9.62. The van der Waals surface area contributed by atoms with Crippen molar-refractivity contribution in [3.8, 4) is 11.8 Å². The molecule has 1 aliphatic carbocycles. The summed E-state index contributed by atoms with van der Waals surface area (Å²) in [5.74, 6) is 0.517. The van der Waals surface area contributed by atoms with E-state index < -0.39 is 5.91 Å². The van der Waals surface area contributed by atoms with Gasteiger partial charge in [0.25, 0.3) is 5.91 Å². The van der Waals surface area contributed by atoms with Crippen LogP contribution >= 0.6 is 0 Å². The third-order valence-corrected chi connectivity index (χ3v) is 8.13. The van der Waals surface area contributed by atoms with E-state index in [1.807, 2.05) is 6.07 Å². The van der Waals surface area contributed by atoms with Crippen LogP contribution in [0.4, 0.5) is 5.69 Å². The van der Waals surface area contributed by atoms with E-state index in [4.69, 9.17) is 8.83 Å². The molecule has 7 nitrogen and oxygen atoms in total. The molecular formula is C31H36N2O5. The first-order chi connectivity index (χ1) is 17.9. The van der Waals surface area contributed by atoms with Crippen molar-refractivity contribution in [3.63, 3.8) is 0 Å². The van der Waals surface area contributed by atoms with E-state index in [2.05, 4.69) is 46.8 Å². The molecule has 1 aromatic carbocycles. The van der Waals surface area contributed by atoms with Gasteiger partial charge in [0.2, 0.25) is 5.88 Å². The van der Waals surface area contributed by atoms with E-state index in [0.717, 1.165) is 6.42 Å². The largest absolute Gasteiger partial charge is 0.494 e. The Morgan fingerprint density at radius 3 is 2.29 bits per heavy atom. The fraction of sp³-hybridized carbons (Fsp3) is 0.387. The van der Waals surface area contributed by atoms with Crippen LogP contribution < -0.4 is 4.90 Å². The van der Waals surface area contributed by atoms with Gasteiger partial charge in [0.05, 0.1) is 12.8 Å². The highest BCUT2D eigenvalue weighted by atomic mass is 16.4. The second-order valence-corrected chi connectivity index (χ2v) is 11.8. The number of aromatic hydroxyl groups is 2. The summed E-state index contributed by atoms with van der Waals surface area (Å²) in [5.41, 5.74) is 5.62. The zero-order valence-electron chi connectivity index (χ0n) is 23.0. The second kappa shape index (κ2) is 9.15. The van der Waals surface area contributed by atoms with Crippen molar-refractivity contribution >= 4 is 11.6 Å². The topological polar surface area (TPSA) is 92.0 Å². The minimum atomic E-state index is -0.446. The molecule has 0 atom stereocenters. The molecule has 0 bridgehead atoms. The maximum atomic E-state index is 13.6. The smallest absolute Gasteiger partial charge is 0.294 e. The average molecular weight is 517 g/mol. The quantitative estimate of drug-likeness (QED) is 0.297. The molecule has 1 aliphatic rings. The summed E-state index contributed by atoms with van der Waals surface area (Å²) < 4.78 is 12.7. The number of aromatic nitrogens is 1. The van der Waals surface area contributed by atoms with Gasteiger partial charge in [-0.05, 0) is 77.1 Å². The number of anilines is 1. The highest BCUT2D eigenvalue weighted by molar-refractivity contribution is 6.05. The molecule has 7 heteroatoms. The summed E-state index contributed by atoms with van der Waals surface area (Å²) in [6.07, 6.45) is 4.40. The molecule has 0 fully saturated rings. The molecule has 3 heterocycles. The van der Waals surface area contributed by atoms with E-state index in [1.165, 1.54) is 57.5 Å². The molecule has 3 aromatic heterocycles. The molecule has 2 N–H and O–H groups in total. The van der Waals surface area contributed by atoms with Gasteiger partial charge in [0, 0.05) is 19.5 Å². The van der Waals surface area contributed by atoms with Crippen molar-refractivity contribution in [3.05, 3.63) is 88.3 Å². The maximum absolute atomic E-state index is 13.6. The van der Waals surface area contributed by atoms with Gasteiger partial charge in [-0.3, -0.25) is 14.3 Å². The highest BCUT2D eigenvalue weighted by Gasteiger charge is 2.37. The monoisotopic (exact) mass is 516 g/mol. The number of amides is 1. The number of fused-ring (bicyclic) bond motifs is 1. The molecule has 0 unspecified atom stereocenters. The van der Waals surface area contributed by atoms with Crippen LogP contribution in [0, 0.1) is 6.92 Å². The zero-order chi connectivity index (χ0) is 27.4. The van der Waals surface area contributed by atoms with Crippen LogP contribution in [-0.2, 0) is 30.8 Å². The lowest BCUT2D eigenvalue weighted by molar-refractivity contribution is 0.0954. The van der Waals surface area contributed by atoms with Gasteiger partial charge in [0.1, 0.15) is 17.2 Å². The first-order valence-electron chi connectivity index (χ1n) is 13.0. The van der Waals surface area contributed by atoms with Crippen LogP contribution in [0.1, 0.15) is 84.9 Å². The molecule has 4 aromatic rings. The molecule has 5 rings (SSSR count). The molecule has 0 saturated heterocycles. The van der Waals surface area contributed by atoms with Gasteiger partial charge in [-0.25, -0.2) is 0 Å². The zero-order valence-corrected chi connectivity index (χ0v) is 23.0. The number of hydrogen-bond donors (Lipinski definition) is 2. The molecule has 1 amide bonds. The highest BCUT2D eigenvalue weighted by Crippen LogP contribution is 2.46. The minimum Gasteiger partial charge on any atom is -0.494 e. The van der Waals surface area contributed by atoms with Crippen LogP contribution in [-0.4, -0.2) is 20.7 Å². The van der Waals surface area contributed by atoms with E-state index in [0.29, 0.717) is 17.9 Å². The van der Waals surface area contributed by atoms with E-state index in [1.54, 1.807) is 18.2 Å². The second-order valence-electron chi connectivity index (χ2n) is 11.8. The Bertz CT molecular complexity index is 1490. The van der Waals surface area contributed by atoms with Crippen LogP contribution in [0.2, 0.25) is 0 Å². The van der Waals surface area contributed by atoms with Crippen molar-refractivity contribution in [2.45, 2.75) is 71.3 Å². The number of carbonyl (C=O) groups excluding carboxylic acids is 1. The van der Waals surface area contributed by atoms with Crippen LogP contribution in [0.3, 0.4) is 0 Å². The van der Waals surface area contributed by atoms with E-state index in [9.17, 15) is 15.0 Å². The molecule has 200 valence electrons. The van der Waals surface area contributed by atoms with Gasteiger partial charge in [-0.2, -0.15) is 0 Å². The predicted molar refractivity (Wildman–Crippen MR) is 146 cm³/mol. The lowest BCUT2D eigenvalue weighted by Gasteiger charge is -2.42. The van der Waals surface area contributed by atoms with Crippen LogP contribution in [0.15, 0.2) is 57.6 Å². The summed E-state index contributed by atoms with van der Waals surface area (Å²) in [6, 6.07) is 13.0. The number of furan rings is 2. The van der Waals surface area contributed by atoms with Crippen LogP contribution in [0.5, 0.6) is 11.8 Å². The third-order valence-electron chi connectivity index (χ3n) is 8.13.